The van der Waals surface area contributed by atoms with E-state index in [2.05, 4.69) is 18.8 Å². The zero-order valence-corrected chi connectivity index (χ0v) is 16.2. The highest BCUT2D eigenvalue weighted by molar-refractivity contribution is 5.81. The van der Waals surface area contributed by atoms with Crippen LogP contribution in [0.2, 0.25) is 0 Å². The number of ether oxygens (including phenoxy) is 2. The van der Waals surface area contributed by atoms with E-state index in [0.29, 0.717) is 5.92 Å². The van der Waals surface area contributed by atoms with E-state index in [1.807, 2.05) is 13.0 Å². The summed E-state index contributed by atoms with van der Waals surface area (Å²) in [6.07, 6.45) is 4.89. The lowest BCUT2D eigenvalue weighted by molar-refractivity contribution is -0.147. The fourth-order valence-electron chi connectivity index (χ4n) is 2.61. The van der Waals surface area contributed by atoms with Crippen molar-refractivity contribution in [2.24, 2.45) is 11.8 Å². The van der Waals surface area contributed by atoms with Crippen molar-refractivity contribution in [1.82, 2.24) is 5.32 Å². The minimum absolute atomic E-state index is 0.0105. The second kappa shape index (κ2) is 11.1. The standard InChI is InChI=1S/C19H35NO4/c1-8-11-12-14(4)13-15(9-2)16(17(21)23-10-3)20-18(22)24-19(5,6)7/h8,14-16H,1,9-13H2,2-7H3,(H,20,22)/t14?,15-,16?/m1/s1. The number of allylic oxidation sites excluding steroid dienone is 1. The first kappa shape index (κ1) is 22.5. The van der Waals surface area contributed by atoms with Crippen LogP contribution in [0.5, 0.6) is 0 Å². The third-order valence-electron chi connectivity index (χ3n) is 3.78. The van der Waals surface area contributed by atoms with Gasteiger partial charge in [0.25, 0.3) is 0 Å². The SMILES string of the molecule is C=CCCC(C)C[C@@H](CC)C(NC(=O)OC(C)(C)C)C(=O)OCC. The molecule has 1 N–H and O–H groups in total. The minimum atomic E-state index is -0.684. The molecule has 5 heteroatoms. The molecular weight excluding hydrogens is 306 g/mol. The van der Waals surface area contributed by atoms with E-state index in [0.717, 1.165) is 25.7 Å². The van der Waals surface area contributed by atoms with Gasteiger partial charge in [-0.05, 0) is 58.8 Å². The third kappa shape index (κ3) is 9.58. The van der Waals surface area contributed by atoms with E-state index in [-0.39, 0.29) is 12.5 Å². The van der Waals surface area contributed by atoms with Gasteiger partial charge in [0.1, 0.15) is 11.6 Å². The lowest BCUT2D eigenvalue weighted by Gasteiger charge is -2.29. The first-order valence-corrected chi connectivity index (χ1v) is 8.91. The van der Waals surface area contributed by atoms with Crippen molar-refractivity contribution < 1.29 is 19.1 Å². The lowest BCUT2D eigenvalue weighted by Crippen LogP contribution is -2.48. The predicted octanol–water partition coefficient (Wildman–Crippen LogP) is 4.46. The highest BCUT2D eigenvalue weighted by atomic mass is 16.6. The molecular formula is C19H35NO4. The molecule has 0 aliphatic heterocycles. The van der Waals surface area contributed by atoms with E-state index < -0.39 is 23.7 Å². The average molecular weight is 341 g/mol. The summed E-state index contributed by atoms with van der Waals surface area (Å²) in [6.45, 7) is 15.3. The van der Waals surface area contributed by atoms with Gasteiger partial charge in [0.15, 0.2) is 0 Å². The summed E-state index contributed by atoms with van der Waals surface area (Å²) in [5.74, 6) is 0.0489. The molecule has 0 heterocycles. The van der Waals surface area contributed by atoms with Crippen molar-refractivity contribution in [1.29, 1.82) is 0 Å². The van der Waals surface area contributed by atoms with E-state index >= 15 is 0 Å². The first-order chi connectivity index (χ1) is 11.1. The van der Waals surface area contributed by atoms with Crippen LogP contribution in [0.25, 0.3) is 0 Å². The molecule has 0 aliphatic carbocycles. The Balaban J connectivity index is 5.02. The molecule has 2 unspecified atom stereocenters. The Morgan fingerprint density at radius 2 is 1.88 bits per heavy atom. The van der Waals surface area contributed by atoms with Crippen molar-refractivity contribution in [2.75, 3.05) is 6.61 Å². The topological polar surface area (TPSA) is 64.6 Å². The fraction of sp³-hybridized carbons (Fsp3) is 0.789. The molecule has 1 amide bonds. The number of nitrogens with one attached hydrogen (secondary N) is 1. The Kier molecular flexibility index (Phi) is 10.4. The van der Waals surface area contributed by atoms with Gasteiger partial charge < -0.3 is 14.8 Å². The van der Waals surface area contributed by atoms with Gasteiger partial charge >= 0.3 is 12.1 Å². The largest absolute Gasteiger partial charge is 0.464 e. The summed E-state index contributed by atoms with van der Waals surface area (Å²) in [5.41, 5.74) is -0.609. The molecule has 0 fully saturated rings. The van der Waals surface area contributed by atoms with Gasteiger partial charge in [-0.3, -0.25) is 0 Å². The number of carbonyl (C=O) groups excluding carboxylic acids is 2. The molecule has 0 saturated carbocycles. The van der Waals surface area contributed by atoms with Crippen molar-refractivity contribution in [3.8, 4) is 0 Å². The maximum Gasteiger partial charge on any atom is 0.408 e. The molecule has 140 valence electrons. The second-order valence-electron chi connectivity index (χ2n) is 7.25. The van der Waals surface area contributed by atoms with Crippen LogP contribution in [0, 0.1) is 11.8 Å². The number of rotatable bonds is 10. The molecule has 0 spiro atoms. The smallest absolute Gasteiger partial charge is 0.408 e. The lowest BCUT2D eigenvalue weighted by atomic mass is 9.85. The predicted molar refractivity (Wildman–Crippen MR) is 96.8 cm³/mol. The van der Waals surface area contributed by atoms with Crippen molar-refractivity contribution in [3.63, 3.8) is 0 Å². The van der Waals surface area contributed by atoms with E-state index in [4.69, 9.17) is 9.47 Å². The van der Waals surface area contributed by atoms with E-state index in [9.17, 15) is 9.59 Å². The van der Waals surface area contributed by atoms with Gasteiger partial charge in [-0.15, -0.1) is 6.58 Å². The van der Waals surface area contributed by atoms with Gasteiger partial charge in [-0.25, -0.2) is 9.59 Å². The van der Waals surface area contributed by atoms with Crippen LogP contribution in [-0.4, -0.2) is 30.3 Å². The maximum absolute atomic E-state index is 12.3. The molecule has 0 bridgehead atoms. The number of amides is 1. The van der Waals surface area contributed by atoms with Gasteiger partial charge in [-0.2, -0.15) is 0 Å². The second-order valence-corrected chi connectivity index (χ2v) is 7.25. The quantitative estimate of drug-likeness (QED) is 0.470. The number of hydrogen-bond donors (Lipinski definition) is 1. The molecule has 0 radical (unpaired) electrons. The molecule has 3 atom stereocenters. The van der Waals surface area contributed by atoms with Crippen LogP contribution in [0.15, 0.2) is 12.7 Å². The minimum Gasteiger partial charge on any atom is -0.464 e. The Morgan fingerprint density at radius 1 is 1.25 bits per heavy atom. The molecule has 0 aliphatic rings. The van der Waals surface area contributed by atoms with Gasteiger partial charge in [0, 0.05) is 0 Å². The summed E-state index contributed by atoms with van der Waals surface area (Å²) >= 11 is 0. The number of esters is 1. The van der Waals surface area contributed by atoms with Crippen LogP contribution < -0.4 is 5.32 Å². The monoisotopic (exact) mass is 341 g/mol. The van der Waals surface area contributed by atoms with E-state index in [1.54, 1.807) is 27.7 Å². The summed E-state index contributed by atoms with van der Waals surface area (Å²) in [6, 6.07) is -0.684. The number of alkyl carbamates (subject to hydrolysis) is 1. The van der Waals surface area contributed by atoms with Crippen molar-refractivity contribution in [3.05, 3.63) is 12.7 Å². The Morgan fingerprint density at radius 3 is 2.33 bits per heavy atom. The highest BCUT2D eigenvalue weighted by Gasteiger charge is 2.32. The fourth-order valence-corrected chi connectivity index (χ4v) is 2.61. The summed E-state index contributed by atoms with van der Waals surface area (Å²) in [5, 5.41) is 2.71. The average Bonchev–Trinajstić information content (AvgIpc) is 2.46. The normalized spacial score (nSPS) is 15.1. The molecule has 0 aromatic heterocycles. The Bertz CT molecular complexity index is 401. The molecule has 0 saturated heterocycles. The molecule has 0 aromatic rings. The Hall–Kier alpha value is -1.52. The van der Waals surface area contributed by atoms with Gasteiger partial charge in [0.2, 0.25) is 0 Å². The molecule has 24 heavy (non-hydrogen) atoms. The first-order valence-electron chi connectivity index (χ1n) is 8.91. The summed E-state index contributed by atoms with van der Waals surface area (Å²) in [7, 11) is 0. The molecule has 0 aromatic carbocycles. The van der Waals surface area contributed by atoms with Crippen LogP contribution in [-0.2, 0) is 14.3 Å². The highest BCUT2D eigenvalue weighted by Crippen LogP contribution is 2.24. The molecule has 5 nitrogen and oxygen atoms in total. The van der Waals surface area contributed by atoms with Crippen LogP contribution in [0.3, 0.4) is 0 Å². The van der Waals surface area contributed by atoms with Gasteiger partial charge in [-0.1, -0.05) is 26.3 Å². The van der Waals surface area contributed by atoms with Crippen LogP contribution in [0.1, 0.15) is 67.2 Å². The van der Waals surface area contributed by atoms with Crippen LogP contribution in [0.4, 0.5) is 4.79 Å². The molecule has 0 rings (SSSR count). The van der Waals surface area contributed by atoms with Gasteiger partial charge in [0.05, 0.1) is 6.61 Å². The Labute approximate surface area is 147 Å². The van der Waals surface area contributed by atoms with Crippen molar-refractivity contribution in [2.45, 2.75) is 78.9 Å². The number of hydrogen-bond acceptors (Lipinski definition) is 4. The summed E-state index contributed by atoms with van der Waals surface area (Å²) in [4.78, 5) is 24.4. The zero-order valence-electron chi connectivity index (χ0n) is 16.2. The third-order valence-corrected chi connectivity index (χ3v) is 3.78. The van der Waals surface area contributed by atoms with E-state index in [1.165, 1.54) is 0 Å². The maximum atomic E-state index is 12.3. The number of carbonyl (C=O) groups is 2. The zero-order chi connectivity index (χ0) is 18.8. The van der Waals surface area contributed by atoms with Crippen molar-refractivity contribution >= 4 is 12.1 Å². The summed E-state index contributed by atoms with van der Waals surface area (Å²) < 4.78 is 10.4. The van der Waals surface area contributed by atoms with Crippen LogP contribution >= 0.6 is 0 Å².